The van der Waals surface area contributed by atoms with Crippen molar-refractivity contribution < 1.29 is 4.74 Å². The number of nitrogens with two attached hydrogens (primary N) is 1. The smallest absolute Gasteiger partial charge is 0.119 e. The molecule has 1 aromatic carbocycles. The van der Waals surface area contributed by atoms with E-state index in [1.54, 1.807) is 0 Å². The summed E-state index contributed by atoms with van der Waals surface area (Å²) in [5, 5.41) is 0. The lowest BCUT2D eigenvalue weighted by Gasteiger charge is -2.13. The molecule has 0 aliphatic heterocycles. The first-order valence-electron chi connectivity index (χ1n) is 6.53. The minimum absolute atomic E-state index is 0.266. The van der Waals surface area contributed by atoms with Gasteiger partial charge in [0.1, 0.15) is 5.75 Å². The summed E-state index contributed by atoms with van der Waals surface area (Å²) in [6.07, 6.45) is 3.22. The molecule has 0 aliphatic carbocycles. The van der Waals surface area contributed by atoms with Crippen molar-refractivity contribution in [1.29, 1.82) is 0 Å². The molecule has 0 amide bonds. The van der Waals surface area contributed by atoms with E-state index in [1.807, 2.05) is 12.1 Å². The summed E-state index contributed by atoms with van der Waals surface area (Å²) >= 11 is 0. The molecular formula is C15H25NO. The predicted octanol–water partition coefficient (Wildman–Crippen LogP) is 3.53. The Morgan fingerprint density at radius 2 is 1.94 bits per heavy atom. The highest BCUT2D eigenvalue weighted by Crippen LogP contribution is 2.13. The lowest BCUT2D eigenvalue weighted by atomic mass is 10.0. The van der Waals surface area contributed by atoms with E-state index in [0.29, 0.717) is 6.61 Å². The van der Waals surface area contributed by atoms with Crippen LogP contribution >= 0.6 is 0 Å². The van der Waals surface area contributed by atoms with Gasteiger partial charge in [-0.05, 0) is 49.8 Å². The average Bonchev–Trinajstić information content (AvgIpc) is 2.26. The Labute approximate surface area is 105 Å². The molecule has 1 aromatic rings. The Morgan fingerprint density at radius 3 is 2.59 bits per heavy atom. The van der Waals surface area contributed by atoms with Crippen LogP contribution in [0.5, 0.6) is 5.75 Å². The zero-order valence-corrected chi connectivity index (χ0v) is 11.3. The molecule has 2 heteroatoms. The zero-order chi connectivity index (χ0) is 12.7. The standard InChI is InChI=1S/C15H25NO/c1-12(2)7-8-14(16)9-10-17-15-6-4-5-13(3)11-15/h4-6,11-12,14H,7-10,16H2,1-3H3. The van der Waals surface area contributed by atoms with E-state index in [9.17, 15) is 0 Å². The maximum absolute atomic E-state index is 6.04. The summed E-state index contributed by atoms with van der Waals surface area (Å²) in [4.78, 5) is 0. The van der Waals surface area contributed by atoms with Crippen LogP contribution in [-0.4, -0.2) is 12.6 Å². The van der Waals surface area contributed by atoms with E-state index in [2.05, 4.69) is 32.9 Å². The molecule has 0 aliphatic rings. The van der Waals surface area contributed by atoms with E-state index >= 15 is 0 Å². The molecule has 0 saturated heterocycles. The van der Waals surface area contributed by atoms with E-state index in [4.69, 9.17) is 10.5 Å². The number of benzene rings is 1. The molecule has 0 radical (unpaired) electrons. The molecule has 0 fully saturated rings. The Hall–Kier alpha value is -1.02. The van der Waals surface area contributed by atoms with Crippen LogP contribution in [0.4, 0.5) is 0 Å². The molecule has 0 heterocycles. The first kappa shape index (κ1) is 14.0. The Balaban J connectivity index is 2.19. The minimum Gasteiger partial charge on any atom is -0.494 e. The molecule has 0 saturated carbocycles. The second-order valence-electron chi connectivity index (χ2n) is 5.18. The normalized spacial score (nSPS) is 12.8. The van der Waals surface area contributed by atoms with Crippen LogP contribution in [-0.2, 0) is 0 Å². The lowest BCUT2D eigenvalue weighted by Crippen LogP contribution is -2.23. The second kappa shape index (κ2) is 7.33. The Kier molecular flexibility index (Phi) is 6.06. The third-order valence-electron chi connectivity index (χ3n) is 2.86. The van der Waals surface area contributed by atoms with E-state index in [1.165, 1.54) is 12.0 Å². The largest absolute Gasteiger partial charge is 0.494 e. The summed E-state index contributed by atoms with van der Waals surface area (Å²) in [5.74, 6) is 1.68. The van der Waals surface area contributed by atoms with Crippen molar-refractivity contribution in [2.75, 3.05) is 6.61 Å². The van der Waals surface area contributed by atoms with Crippen LogP contribution in [0, 0.1) is 12.8 Å². The molecule has 2 N–H and O–H groups in total. The molecule has 17 heavy (non-hydrogen) atoms. The molecule has 1 atom stereocenters. The molecule has 0 aromatic heterocycles. The van der Waals surface area contributed by atoms with E-state index < -0.39 is 0 Å². The van der Waals surface area contributed by atoms with Gasteiger partial charge in [0.25, 0.3) is 0 Å². The number of rotatable bonds is 7. The summed E-state index contributed by atoms with van der Waals surface area (Å²) in [5.41, 5.74) is 7.26. The van der Waals surface area contributed by atoms with Crippen LogP contribution < -0.4 is 10.5 Å². The minimum atomic E-state index is 0.266. The van der Waals surface area contributed by atoms with Crippen molar-refractivity contribution in [3.63, 3.8) is 0 Å². The number of ether oxygens (including phenoxy) is 1. The van der Waals surface area contributed by atoms with Gasteiger partial charge in [0.15, 0.2) is 0 Å². The first-order chi connectivity index (χ1) is 8.08. The summed E-state index contributed by atoms with van der Waals surface area (Å²) in [6, 6.07) is 8.40. The van der Waals surface area contributed by atoms with Gasteiger partial charge in [0.2, 0.25) is 0 Å². The average molecular weight is 235 g/mol. The fourth-order valence-corrected chi connectivity index (χ4v) is 1.73. The summed E-state index contributed by atoms with van der Waals surface area (Å²) in [6.45, 7) is 7.25. The first-order valence-corrected chi connectivity index (χ1v) is 6.53. The van der Waals surface area contributed by atoms with Gasteiger partial charge in [-0.2, -0.15) is 0 Å². The molecular weight excluding hydrogens is 210 g/mol. The SMILES string of the molecule is Cc1cccc(OCCC(N)CCC(C)C)c1. The maximum Gasteiger partial charge on any atom is 0.119 e. The third-order valence-corrected chi connectivity index (χ3v) is 2.86. The highest BCUT2D eigenvalue weighted by Gasteiger charge is 2.04. The topological polar surface area (TPSA) is 35.2 Å². The molecule has 1 rings (SSSR count). The highest BCUT2D eigenvalue weighted by atomic mass is 16.5. The summed E-state index contributed by atoms with van der Waals surface area (Å²) < 4.78 is 5.68. The molecule has 0 spiro atoms. The van der Waals surface area contributed by atoms with Crippen LogP contribution in [0.15, 0.2) is 24.3 Å². The molecule has 2 nitrogen and oxygen atoms in total. The number of hydrogen-bond acceptors (Lipinski definition) is 2. The van der Waals surface area contributed by atoms with Gasteiger partial charge in [-0.3, -0.25) is 0 Å². The molecule has 0 bridgehead atoms. The van der Waals surface area contributed by atoms with Crippen molar-refractivity contribution in [1.82, 2.24) is 0 Å². The van der Waals surface area contributed by atoms with Crippen molar-refractivity contribution in [2.45, 2.75) is 46.1 Å². The van der Waals surface area contributed by atoms with Crippen molar-refractivity contribution in [3.05, 3.63) is 29.8 Å². The van der Waals surface area contributed by atoms with Crippen LogP contribution in [0.1, 0.15) is 38.7 Å². The quantitative estimate of drug-likeness (QED) is 0.784. The lowest BCUT2D eigenvalue weighted by molar-refractivity contribution is 0.291. The maximum atomic E-state index is 6.04. The van der Waals surface area contributed by atoms with Crippen molar-refractivity contribution in [3.8, 4) is 5.75 Å². The van der Waals surface area contributed by atoms with Crippen molar-refractivity contribution >= 4 is 0 Å². The monoisotopic (exact) mass is 235 g/mol. The van der Waals surface area contributed by atoms with Crippen LogP contribution in [0.2, 0.25) is 0 Å². The van der Waals surface area contributed by atoms with Gasteiger partial charge >= 0.3 is 0 Å². The fraction of sp³-hybridized carbons (Fsp3) is 0.600. The third kappa shape index (κ3) is 6.32. The van der Waals surface area contributed by atoms with Gasteiger partial charge in [-0.15, -0.1) is 0 Å². The Bertz CT molecular complexity index is 322. The zero-order valence-electron chi connectivity index (χ0n) is 11.3. The second-order valence-corrected chi connectivity index (χ2v) is 5.18. The van der Waals surface area contributed by atoms with Crippen LogP contribution in [0.3, 0.4) is 0 Å². The number of hydrogen-bond donors (Lipinski definition) is 1. The van der Waals surface area contributed by atoms with E-state index in [0.717, 1.165) is 24.5 Å². The molecule has 1 unspecified atom stereocenters. The van der Waals surface area contributed by atoms with Gasteiger partial charge in [-0.25, -0.2) is 0 Å². The Morgan fingerprint density at radius 1 is 1.18 bits per heavy atom. The highest BCUT2D eigenvalue weighted by molar-refractivity contribution is 5.27. The van der Waals surface area contributed by atoms with Crippen molar-refractivity contribution in [2.24, 2.45) is 11.7 Å². The van der Waals surface area contributed by atoms with Gasteiger partial charge in [0, 0.05) is 6.04 Å². The van der Waals surface area contributed by atoms with Crippen LogP contribution in [0.25, 0.3) is 0 Å². The van der Waals surface area contributed by atoms with Gasteiger partial charge in [-0.1, -0.05) is 26.0 Å². The fourth-order valence-electron chi connectivity index (χ4n) is 1.73. The number of aryl methyl sites for hydroxylation is 1. The summed E-state index contributed by atoms with van der Waals surface area (Å²) in [7, 11) is 0. The molecule has 96 valence electrons. The van der Waals surface area contributed by atoms with E-state index in [-0.39, 0.29) is 6.04 Å². The predicted molar refractivity (Wildman–Crippen MR) is 73.3 cm³/mol. The van der Waals surface area contributed by atoms with Gasteiger partial charge < -0.3 is 10.5 Å². The van der Waals surface area contributed by atoms with Gasteiger partial charge in [0.05, 0.1) is 6.61 Å².